The highest BCUT2D eigenvalue weighted by molar-refractivity contribution is 9.10. The number of nitrogens with zero attached hydrogens (tertiary/aromatic N) is 8. The van der Waals surface area contributed by atoms with Crippen LogP contribution in [0.25, 0.3) is 56.3 Å². The van der Waals surface area contributed by atoms with Crippen molar-refractivity contribution in [3.63, 3.8) is 0 Å². The number of H-pyrrole nitrogens is 5. The second kappa shape index (κ2) is 38.6. The molecule has 0 bridgehead atoms. The molecule has 0 aliphatic rings. The number of allylic oxidation sites excluding steroid dienone is 1. The highest BCUT2D eigenvalue weighted by atomic mass is 79.9. The van der Waals surface area contributed by atoms with Crippen LogP contribution in [-0.2, 0) is 23.7 Å². The number of fused-ring (bicyclic) bond motifs is 3. The number of hydrogen-bond donors (Lipinski definition) is 7. The summed E-state index contributed by atoms with van der Waals surface area (Å²) < 4.78 is 46.8. The van der Waals surface area contributed by atoms with Crippen LogP contribution in [0.5, 0.6) is 34.5 Å². The van der Waals surface area contributed by atoms with Crippen molar-refractivity contribution in [3.05, 3.63) is 274 Å². The fourth-order valence-electron chi connectivity index (χ4n) is 10.8. The van der Waals surface area contributed by atoms with Crippen LogP contribution in [0.4, 0.5) is 11.6 Å². The molecule has 0 unspecified atom stereocenters. The molecule has 0 radical (unpaired) electrons. The Morgan fingerprint density at radius 2 is 0.781 bits per heavy atom. The first-order chi connectivity index (χ1) is 54.9. The summed E-state index contributed by atoms with van der Waals surface area (Å²) in [6.07, 6.45) is 1.34. The van der Waals surface area contributed by atoms with Gasteiger partial charge in [0, 0.05) is 34.9 Å². The lowest BCUT2D eigenvalue weighted by Gasteiger charge is -2.07. The number of aromatic amines is 5. The summed E-state index contributed by atoms with van der Waals surface area (Å²) in [6.45, 7) is 19.4. The van der Waals surface area contributed by atoms with Gasteiger partial charge in [0.05, 0.1) is 67.7 Å². The Morgan fingerprint density at radius 1 is 0.439 bits per heavy atom. The third kappa shape index (κ3) is 20.2. The molecule has 8 aromatic heterocycles. The average Bonchev–Trinajstić information content (AvgIpc) is 1.62. The smallest absolute Gasteiger partial charge is 0.344 e. The Kier molecular flexibility index (Phi) is 28.0. The van der Waals surface area contributed by atoms with E-state index in [2.05, 4.69) is 93.8 Å². The average molecular weight is 1680 g/mol. The van der Waals surface area contributed by atoms with Gasteiger partial charge in [-0.15, -0.1) is 0 Å². The summed E-state index contributed by atoms with van der Waals surface area (Å²) in [5, 5.41) is 20.9. The molecule has 586 valence electrons. The molecule has 14 rings (SSSR count). The molecule has 8 heterocycles. The molecule has 6 aromatic carbocycles. The maximum atomic E-state index is 12.8. The van der Waals surface area contributed by atoms with Gasteiger partial charge in [0.25, 0.3) is 16.7 Å². The van der Waals surface area contributed by atoms with Gasteiger partial charge in [-0.05, 0) is 194 Å². The predicted octanol–water partition coefficient (Wildman–Crippen LogP) is 15.0. The zero-order valence-corrected chi connectivity index (χ0v) is 65.9. The highest BCUT2D eigenvalue weighted by Gasteiger charge is 2.27. The predicted molar refractivity (Wildman–Crippen MR) is 433 cm³/mol. The number of carbonyl (C=O) groups is 5. The monoisotopic (exact) mass is 1670 g/mol. The normalized spacial score (nSPS) is 10.7. The van der Waals surface area contributed by atoms with E-state index in [0.717, 1.165) is 28.4 Å². The van der Waals surface area contributed by atoms with Gasteiger partial charge in [0.15, 0.2) is 22.8 Å². The first-order valence-electron chi connectivity index (χ1n) is 35.4. The molecule has 0 saturated carbocycles. The van der Waals surface area contributed by atoms with Crippen LogP contribution in [0.3, 0.4) is 0 Å². The van der Waals surface area contributed by atoms with E-state index < -0.39 is 29.8 Å². The number of para-hydroxylation sites is 3. The van der Waals surface area contributed by atoms with Crippen LogP contribution in [-0.4, -0.2) is 127 Å². The van der Waals surface area contributed by atoms with Crippen molar-refractivity contribution in [3.8, 4) is 68.3 Å². The molecule has 31 nitrogen and oxygen atoms in total. The lowest BCUT2D eigenvalue weighted by Crippen LogP contribution is -2.15. The summed E-state index contributed by atoms with van der Waals surface area (Å²) in [6, 6.07) is 54.3. The summed E-state index contributed by atoms with van der Waals surface area (Å²) in [5.41, 5.74) is 16.8. The van der Waals surface area contributed by atoms with E-state index in [4.69, 9.17) is 44.6 Å². The number of nitrogens with two attached hydrogens (primary N) is 2. The lowest BCUT2D eigenvalue weighted by molar-refractivity contribution is 0.0517. The largest absolute Gasteiger partial charge is 0.462 e. The minimum Gasteiger partial charge on any atom is -0.462 e. The van der Waals surface area contributed by atoms with Crippen molar-refractivity contribution in [1.82, 2.24) is 64.2 Å². The Bertz CT molecular complexity index is 5900. The minimum absolute atomic E-state index is 0.0154. The fraction of sp³-hybridized carbons (Fsp3) is 0.173. The number of esters is 5. The number of hydrogen-bond acceptors (Lipinski definition) is 23. The van der Waals surface area contributed by atoms with Crippen molar-refractivity contribution >= 4 is 95.9 Å². The van der Waals surface area contributed by atoms with Crippen LogP contribution >= 0.6 is 31.9 Å². The third-order valence-corrected chi connectivity index (χ3v) is 17.2. The summed E-state index contributed by atoms with van der Waals surface area (Å²) >= 11 is 6.35. The van der Waals surface area contributed by atoms with Gasteiger partial charge in [-0.3, -0.25) is 39.9 Å². The van der Waals surface area contributed by atoms with E-state index in [1.165, 1.54) is 37.9 Å². The van der Waals surface area contributed by atoms with Crippen molar-refractivity contribution in [2.24, 2.45) is 0 Å². The van der Waals surface area contributed by atoms with Gasteiger partial charge < -0.3 is 49.4 Å². The zero-order chi connectivity index (χ0) is 81.7. The SMILES string of the molecule is C=C(C)c1[nH]n2c(=O)cc(-c3ccc(Oc4ccccc4)cc3)nc2c1C(=O)OCC.CCOC(=O)c1c(Br)[nH]n2c(=O)cc(-c3ccc(Oc4ccccc4)cc3)nc12.CCOC(=O)c1c(C(C)C)[nH]n2c(=O)cc(-c3ccc(Oc4ccccc4)cc3)nc12.CCOC(=O)c1c(N)n[nH]c1Br.CCOC(=O)c1cn[nH]c1N. The fourth-order valence-corrected chi connectivity index (χ4v) is 11.8. The number of halogens is 2. The van der Waals surface area contributed by atoms with Crippen LogP contribution in [0.2, 0.25) is 0 Å². The zero-order valence-electron chi connectivity index (χ0n) is 62.7. The van der Waals surface area contributed by atoms with Gasteiger partial charge in [0.1, 0.15) is 77.3 Å². The van der Waals surface area contributed by atoms with Crippen molar-refractivity contribution < 1.29 is 61.9 Å². The molecule has 0 aliphatic carbocycles. The molecule has 0 saturated heterocycles. The van der Waals surface area contributed by atoms with E-state index in [0.29, 0.717) is 84.8 Å². The lowest BCUT2D eigenvalue weighted by atomic mass is 10.1. The van der Waals surface area contributed by atoms with Crippen LogP contribution < -0.4 is 42.4 Å². The summed E-state index contributed by atoms with van der Waals surface area (Å²) in [5.74, 6) is 2.01. The van der Waals surface area contributed by atoms with E-state index in [-0.39, 0.29) is 93.2 Å². The first kappa shape index (κ1) is 82.5. The molecule has 0 atom stereocenters. The summed E-state index contributed by atoms with van der Waals surface area (Å²) in [7, 11) is 0. The van der Waals surface area contributed by atoms with Crippen molar-refractivity contribution in [2.75, 3.05) is 44.5 Å². The number of anilines is 2. The van der Waals surface area contributed by atoms with Gasteiger partial charge in [-0.1, -0.05) is 75.0 Å². The van der Waals surface area contributed by atoms with Gasteiger partial charge in [-0.2, -0.15) is 14.7 Å². The molecule has 0 spiro atoms. The molecule has 14 aromatic rings. The maximum absolute atomic E-state index is 12.8. The van der Waals surface area contributed by atoms with E-state index >= 15 is 0 Å². The maximum Gasteiger partial charge on any atom is 0.344 e. The third-order valence-electron chi connectivity index (χ3n) is 16.1. The van der Waals surface area contributed by atoms with Crippen LogP contribution in [0, 0.1) is 0 Å². The number of nitrogens with one attached hydrogen (secondary N) is 5. The van der Waals surface area contributed by atoms with Crippen molar-refractivity contribution in [1.29, 1.82) is 0 Å². The number of aromatic nitrogens is 13. The number of nitrogen functional groups attached to an aromatic ring is 2. The topological polar surface area (TPSA) is 419 Å². The molecular weight excluding hydrogens is 1600 g/mol. The van der Waals surface area contributed by atoms with Crippen LogP contribution in [0.15, 0.2) is 218 Å². The Labute approximate surface area is 666 Å². The summed E-state index contributed by atoms with van der Waals surface area (Å²) in [4.78, 5) is 111. The molecule has 114 heavy (non-hydrogen) atoms. The number of carbonyl (C=O) groups excluding carboxylic acids is 5. The second-order valence-electron chi connectivity index (χ2n) is 24.3. The van der Waals surface area contributed by atoms with E-state index in [9.17, 15) is 38.4 Å². The number of ether oxygens (including phenoxy) is 8. The van der Waals surface area contributed by atoms with E-state index in [1.807, 2.05) is 153 Å². The molecule has 0 aliphatic heterocycles. The Hall–Kier alpha value is -14.0. The molecule has 33 heteroatoms. The van der Waals surface area contributed by atoms with E-state index in [1.54, 1.807) is 65.8 Å². The van der Waals surface area contributed by atoms with Gasteiger partial charge >= 0.3 is 29.8 Å². The first-order valence-corrected chi connectivity index (χ1v) is 36.9. The molecular formula is C81H77Br2N15O16. The van der Waals surface area contributed by atoms with Crippen molar-refractivity contribution in [2.45, 2.75) is 61.3 Å². The number of benzene rings is 6. The molecule has 9 N–H and O–H groups in total. The van der Waals surface area contributed by atoms with Gasteiger partial charge in [-0.25, -0.2) is 48.0 Å². The minimum atomic E-state index is -0.561. The van der Waals surface area contributed by atoms with Gasteiger partial charge in [0.2, 0.25) is 0 Å². The Morgan fingerprint density at radius 3 is 1.14 bits per heavy atom. The number of rotatable bonds is 21. The standard InChI is InChI=1S/C24H23N3O4.C24H21N3O4.C21H16BrN3O4.C6H8BrN3O2.C6H9N3O2/c2*1-4-30-24(29)21-22(15(2)3)26-27-20(28)14-19(25-23(21)27)16-10-12-18(13-11-16)31-17-8-6-5-7-9-17;1-2-28-21(27)18-19(22)24-25-17(26)12-16(23-20(18)25)13-8-10-15(11-9-13)29-14-6-4-3-5-7-14;1-2-12-6(11)3-4(7)9-10-5(3)8;1-2-11-6(10)4-3-8-9-5(4)7/h5-15,26H,4H2,1-3H3;5-14,26H,2,4H2,1,3H3;3-12,24H,2H2,1H3;2H2,1H3,(H3,8,9,10);3H,2H2,1H3,(H3,7,8,9). The molecule has 0 fully saturated rings. The quantitative estimate of drug-likeness (QED) is 0.0259. The highest BCUT2D eigenvalue weighted by Crippen LogP contribution is 2.32. The second-order valence-corrected chi connectivity index (χ2v) is 25.9. The van der Waals surface area contributed by atoms with Crippen LogP contribution in [0.1, 0.15) is 124 Å². The Balaban J connectivity index is 0.000000159. The molecule has 0 amide bonds.